The summed E-state index contributed by atoms with van der Waals surface area (Å²) in [7, 11) is 0. The Morgan fingerprint density at radius 1 is 0.903 bits per heavy atom. The van der Waals surface area contributed by atoms with Crippen LogP contribution in [0.15, 0.2) is 12.4 Å². The zero-order chi connectivity index (χ0) is 21.5. The summed E-state index contributed by atoms with van der Waals surface area (Å²) in [5.41, 5.74) is 0.374. The molecule has 0 atom stereocenters. The molecule has 4 rings (SSSR count). The quantitative estimate of drug-likeness (QED) is 0.530. The lowest BCUT2D eigenvalue weighted by atomic mass is 9.89. The summed E-state index contributed by atoms with van der Waals surface area (Å²) < 4.78 is 3.44. The highest BCUT2D eigenvalue weighted by atomic mass is 16.2. The molecule has 10 heteroatoms. The maximum absolute atomic E-state index is 12.3. The van der Waals surface area contributed by atoms with Gasteiger partial charge in [0.2, 0.25) is 5.91 Å². The zero-order valence-corrected chi connectivity index (χ0v) is 18.0. The van der Waals surface area contributed by atoms with Crippen molar-refractivity contribution in [3.8, 4) is 0 Å². The Hall–Kier alpha value is -2.78. The molecule has 10 nitrogen and oxygen atoms in total. The van der Waals surface area contributed by atoms with E-state index in [1.165, 1.54) is 32.1 Å². The van der Waals surface area contributed by atoms with Crippen molar-refractivity contribution in [1.29, 1.82) is 0 Å². The van der Waals surface area contributed by atoms with Gasteiger partial charge in [-0.2, -0.15) is 0 Å². The number of carbonyl (C=O) groups is 2. The van der Waals surface area contributed by atoms with Gasteiger partial charge in [0.1, 0.15) is 0 Å². The van der Waals surface area contributed by atoms with Gasteiger partial charge < -0.3 is 10.6 Å². The molecule has 2 fully saturated rings. The summed E-state index contributed by atoms with van der Waals surface area (Å²) in [5.74, 6) is 1.52. The predicted molar refractivity (Wildman–Crippen MR) is 114 cm³/mol. The molecule has 2 aliphatic rings. The minimum atomic E-state index is -0.143. The van der Waals surface area contributed by atoms with Gasteiger partial charge in [0.05, 0.1) is 12.4 Å². The maximum Gasteiger partial charge on any atom is 0.273 e. The number of hydrogen-bond donors (Lipinski definition) is 2. The van der Waals surface area contributed by atoms with Gasteiger partial charge in [-0.3, -0.25) is 19.0 Å². The molecule has 2 N–H and O–H groups in total. The van der Waals surface area contributed by atoms with Gasteiger partial charge in [0, 0.05) is 26.1 Å². The Morgan fingerprint density at radius 2 is 1.61 bits per heavy atom. The van der Waals surface area contributed by atoms with Gasteiger partial charge in [-0.1, -0.05) is 29.7 Å². The van der Waals surface area contributed by atoms with Gasteiger partial charge in [-0.15, -0.1) is 10.2 Å². The molecule has 2 saturated carbocycles. The minimum Gasteiger partial charge on any atom is -0.350 e. The van der Waals surface area contributed by atoms with Crippen molar-refractivity contribution in [2.45, 2.75) is 77.3 Å². The first kappa shape index (κ1) is 21.5. The highest BCUT2D eigenvalue weighted by Gasteiger charge is 2.24. The average molecular weight is 429 g/mol. The SMILES string of the molecule is O=C(CC1CC1)Nc1cn(CCCCn2cc(C(=O)NCC3CCCCC3)nn2)nn1. The van der Waals surface area contributed by atoms with Crippen LogP contribution in [-0.4, -0.2) is 48.3 Å². The molecule has 0 radical (unpaired) electrons. The van der Waals surface area contributed by atoms with Gasteiger partial charge in [-0.05, 0) is 50.4 Å². The summed E-state index contributed by atoms with van der Waals surface area (Å²) in [5, 5.41) is 21.9. The fourth-order valence-corrected chi connectivity index (χ4v) is 4.02. The van der Waals surface area contributed by atoms with E-state index in [0.717, 1.165) is 32.2 Å². The Bertz CT molecular complexity index is 866. The summed E-state index contributed by atoms with van der Waals surface area (Å²) >= 11 is 0. The van der Waals surface area contributed by atoms with E-state index in [1.807, 2.05) is 0 Å². The molecule has 168 valence electrons. The van der Waals surface area contributed by atoms with Crippen LogP contribution in [0, 0.1) is 11.8 Å². The highest BCUT2D eigenvalue weighted by molar-refractivity contribution is 5.91. The first-order chi connectivity index (χ1) is 15.2. The fraction of sp³-hybridized carbons (Fsp3) is 0.714. The van der Waals surface area contributed by atoms with Crippen LogP contribution in [-0.2, 0) is 17.9 Å². The maximum atomic E-state index is 12.3. The number of hydrogen-bond acceptors (Lipinski definition) is 6. The Kier molecular flexibility index (Phi) is 7.26. The van der Waals surface area contributed by atoms with E-state index >= 15 is 0 Å². The normalized spacial score (nSPS) is 16.9. The van der Waals surface area contributed by atoms with Crippen molar-refractivity contribution < 1.29 is 9.59 Å². The Labute approximate surface area is 182 Å². The number of aryl methyl sites for hydroxylation is 2. The standard InChI is InChI=1S/C21H32N8O2/c30-20(12-16-8-9-16)23-19-15-29(27-25-19)11-5-4-10-28-14-18(24-26-28)21(31)22-13-17-6-2-1-3-7-17/h14-17H,1-13H2,(H,22,31)(H,23,30). The number of aromatic nitrogens is 6. The van der Waals surface area contributed by atoms with Crippen LogP contribution < -0.4 is 10.6 Å². The summed E-state index contributed by atoms with van der Waals surface area (Å²) in [6.45, 7) is 2.12. The lowest BCUT2D eigenvalue weighted by Crippen LogP contribution is -2.30. The molecule has 0 bridgehead atoms. The molecule has 31 heavy (non-hydrogen) atoms. The highest BCUT2D eigenvalue weighted by Crippen LogP contribution is 2.32. The van der Waals surface area contributed by atoms with Crippen LogP contribution in [0.4, 0.5) is 5.82 Å². The van der Waals surface area contributed by atoms with Gasteiger partial charge in [0.25, 0.3) is 5.91 Å². The van der Waals surface area contributed by atoms with E-state index in [1.54, 1.807) is 21.8 Å². The second-order valence-electron chi connectivity index (χ2n) is 8.85. The van der Waals surface area contributed by atoms with Crippen molar-refractivity contribution in [2.75, 3.05) is 11.9 Å². The number of amides is 2. The molecule has 2 aromatic rings. The van der Waals surface area contributed by atoms with E-state index < -0.39 is 0 Å². The lowest BCUT2D eigenvalue weighted by Gasteiger charge is -2.21. The summed E-state index contributed by atoms with van der Waals surface area (Å²) in [6, 6.07) is 0. The first-order valence-corrected chi connectivity index (χ1v) is 11.5. The van der Waals surface area contributed by atoms with Crippen molar-refractivity contribution in [2.24, 2.45) is 11.8 Å². The van der Waals surface area contributed by atoms with E-state index in [4.69, 9.17) is 0 Å². The zero-order valence-electron chi connectivity index (χ0n) is 18.0. The monoisotopic (exact) mass is 428 g/mol. The molecule has 2 amide bonds. The van der Waals surface area contributed by atoms with Crippen molar-refractivity contribution in [3.05, 3.63) is 18.1 Å². The largest absolute Gasteiger partial charge is 0.350 e. The number of rotatable bonds is 11. The fourth-order valence-electron chi connectivity index (χ4n) is 4.02. The van der Waals surface area contributed by atoms with Crippen molar-refractivity contribution >= 4 is 17.6 Å². The van der Waals surface area contributed by atoms with Gasteiger partial charge in [0.15, 0.2) is 11.5 Å². The van der Waals surface area contributed by atoms with Crippen molar-refractivity contribution in [3.63, 3.8) is 0 Å². The van der Waals surface area contributed by atoms with Crippen molar-refractivity contribution in [1.82, 2.24) is 35.3 Å². The third-order valence-corrected chi connectivity index (χ3v) is 6.05. The first-order valence-electron chi connectivity index (χ1n) is 11.5. The van der Waals surface area contributed by atoms with Crippen LogP contribution in [0.3, 0.4) is 0 Å². The van der Waals surface area contributed by atoms with Crippen LogP contribution in [0.5, 0.6) is 0 Å². The lowest BCUT2D eigenvalue weighted by molar-refractivity contribution is -0.116. The second kappa shape index (κ2) is 10.5. The topological polar surface area (TPSA) is 120 Å². The Morgan fingerprint density at radius 3 is 2.35 bits per heavy atom. The van der Waals surface area contributed by atoms with Crippen LogP contribution in [0.25, 0.3) is 0 Å². The van der Waals surface area contributed by atoms with E-state index in [2.05, 4.69) is 31.3 Å². The van der Waals surface area contributed by atoms with Gasteiger partial charge in [-0.25, -0.2) is 0 Å². The molecule has 0 aromatic carbocycles. The van der Waals surface area contributed by atoms with Crippen LogP contribution >= 0.6 is 0 Å². The molecule has 0 saturated heterocycles. The molecule has 2 aliphatic carbocycles. The molecular weight excluding hydrogens is 396 g/mol. The summed E-state index contributed by atoms with van der Waals surface area (Å²) in [6.07, 6.45) is 14.3. The number of nitrogens with zero attached hydrogens (tertiary/aromatic N) is 6. The molecule has 0 spiro atoms. The number of carbonyl (C=O) groups excluding carboxylic acids is 2. The van der Waals surface area contributed by atoms with Gasteiger partial charge >= 0.3 is 0 Å². The van der Waals surface area contributed by atoms with E-state index in [9.17, 15) is 9.59 Å². The van der Waals surface area contributed by atoms with E-state index in [0.29, 0.717) is 42.9 Å². The van der Waals surface area contributed by atoms with E-state index in [-0.39, 0.29) is 11.8 Å². The second-order valence-corrected chi connectivity index (χ2v) is 8.85. The molecule has 2 heterocycles. The molecular formula is C21H32N8O2. The van der Waals surface area contributed by atoms with Crippen LogP contribution in [0.1, 0.15) is 74.7 Å². The predicted octanol–water partition coefficient (Wildman–Crippen LogP) is 2.40. The number of anilines is 1. The minimum absolute atomic E-state index is 0.0133. The smallest absolute Gasteiger partial charge is 0.273 e. The molecule has 2 aromatic heterocycles. The Balaban J connectivity index is 1.12. The molecule has 0 unspecified atom stereocenters. The number of unbranched alkanes of at least 4 members (excludes halogenated alkanes) is 1. The average Bonchev–Trinajstić information content (AvgIpc) is 3.27. The molecule has 0 aliphatic heterocycles. The summed E-state index contributed by atoms with van der Waals surface area (Å²) in [4.78, 5) is 24.1. The number of nitrogens with one attached hydrogen (secondary N) is 2. The third-order valence-electron chi connectivity index (χ3n) is 6.05. The van der Waals surface area contributed by atoms with Crippen LogP contribution in [0.2, 0.25) is 0 Å². The third kappa shape index (κ3) is 6.86.